The summed E-state index contributed by atoms with van der Waals surface area (Å²) in [4.78, 5) is 5.45. The van der Waals surface area contributed by atoms with E-state index in [2.05, 4.69) is 16.4 Å². The largest absolute Gasteiger partial charge is 0.365 e. The van der Waals surface area contributed by atoms with E-state index in [4.69, 9.17) is 16.9 Å². The first-order valence-electron chi connectivity index (χ1n) is 5.04. The van der Waals surface area contributed by atoms with Crippen LogP contribution in [0.25, 0.3) is 0 Å². The SMILES string of the molecule is Cc1cc(C#N)cc(NCc2ccc(Cl)s2)n1. The van der Waals surface area contributed by atoms with Gasteiger partial charge < -0.3 is 5.32 Å². The second-order valence-electron chi connectivity index (χ2n) is 3.55. The molecule has 0 unspecified atom stereocenters. The molecule has 0 aliphatic carbocycles. The summed E-state index contributed by atoms with van der Waals surface area (Å²) in [5, 5.41) is 12.0. The van der Waals surface area contributed by atoms with Gasteiger partial charge in [0, 0.05) is 10.6 Å². The molecule has 0 saturated carbocycles. The number of hydrogen-bond acceptors (Lipinski definition) is 4. The van der Waals surface area contributed by atoms with E-state index in [0.29, 0.717) is 17.9 Å². The molecule has 5 heteroatoms. The highest BCUT2D eigenvalue weighted by atomic mass is 35.5. The van der Waals surface area contributed by atoms with Gasteiger partial charge in [-0.15, -0.1) is 11.3 Å². The molecule has 0 aromatic carbocycles. The number of nitrogens with zero attached hydrogens (tertiary/aromatic N) is 2. The Morgan fingerprint density at radius 1 is 1.47 bits per heavy atom. The van der Waals surface area contributed by atoms with Gasteiger partial charge in [0.15, 0.2) is 0 Å². The maximum absolute atomic E-state index is 8.85. The molecule has 0 spiro atoms. The first-order valence-corrected chi connectivity index (χ1v) is 6.24. The molecule has 17 heavy (non-hydrogen) atoms. The Balaban J connectivity index is 2.09. The minimum atomic E-state index is 0.615. The number of nitriles is 1. The maximum atomic E-state index is 8.85. The summed E-state index contributed by atoms with van der Waals surface area (Å²) in [6, 6.07) is 9.45. The van der Waals surface area contributed by atoms with Crippen molar-refractivity contribution in [2.75, 3.05) is 5.32 Å². The van der Waals surface area contributed by atoms with Crippen LogP contribution in [0.2, 0.25) is 4.34 Å². The number of halogens is 1. The van der Waals surface area contributed by atoms with Crippen molar-refractivity contribution in [1.82, 2.24) is 4.98 Å². The van der Waals surface area contributed by atoms with E-state index in [-0.39, 0.29) is 0 Å². The highest BCUT2D eigenvalue weighted by Gasteiger charge is 2.01. The van der Waals surface area contributed by atoms with E-state index < -0.39 is 0 Å². The molecule has 2 aromatic rings. The van der Waals surface area contributed by atoms with Crippen molar-refractivity contribution < 1.29 is 0 Å². The van der Waals surface area contributed by atoms with E-state index >= 15 is 0 Å². The number of thiophene rings is 1. The van der Waals surface area contributed by atoms with E-state index in [1.54, 1.807) is 12.1 Å². The minimum Gasteiger partial charge on any atom is -0.365 e. The number of pyridine rings is 1. The number of anilines is 1. The molecular weight excluding hydrogens is 254 g/mol. The van der Waals surface area contributed by atoms with Crippen LogP contribution >= 0.6 is 22.9 Å². The summed E-state index contributed by atoms with van der Waals surface area (Å²) in [7, 11) is 0. The lowest BCUT2D eigenvalue weighted by Gasteiger charge is -2.05. The second-order valence-corrected chi connectivity index (χ2v) is 5.35. The Bertz CT molecular complexity index is 571. The monoisotopic (exact) mass is 263 g/mol. The zero-order valence-corrected chi connectivity index (χ0v) is 10.8. The molecule has 1 N–H and O–H groups in total. The Kier molecular flexibility index (Phi) is 3.62. The van der Waals surface area contributed by atoms with Crippen molar-refractivity contribution >= 4 is 28.8 Å². The molecule has 0 aliphatic rings. The topological polar surface area (TPSA) is 48.7 Å². The van der Waals surface area contributed by atoms with Gasteiger partial charge in [-0.2, -0.15) is 5.26 Å². The van der Waals surface area contributed by atoms with Crippen LogP contribution < -0.4 is 5.32 Å². The summed E-state index contributed by atoms with van der Waals surface area (Å²) in [5.74, 6) is 0.714. The van der Waals surface area contributed by atoms with Crippen LogP contribution in [0.4, 0.5) is 5.82 Å². The summed E-state index contributed by atoms with van der Waals surface area (Å²) in [6.07, 6.45) is 0. The Morgan fingerprint density at radius 3 is 2.94 bits per heavy atom. The van der Waals surface area contributed by atoms with Gasteiger partial charge >= 0.3 is 0 Å². The van der Waals surface area contributed by atoms with Crippen molar-refractivity contribution in [2.45, 2.75) is 13.5 Å². The predicted octanol–water partition coefficient (Wildman–Crippen LogP) is 3.59. The number of aromatic nitrogens is 1. The van der Waals surface area contributed by atoms with Gasteiger partial charge in [0.1, 0.15) is 5.82 Å². The van der Waals surface area contributed by atoms with Crippen LogP contribution in [-0.2, 0) is 6.54 Å². The van der Waals surface area contributed by atoms with Gasteiger partial charge in [-0.25, -0.2) is 4.98 Å². The summed E-state index contributed by atoms with van der Waals surface area (Å²) < 4.78 is 0.775. The third-order valence-corrected chi connectivity index (χ3v) is 3.39. The molecule has 2 heterocycles. The predicted molar refractivity (Wildman–Crippen MR) is 70.3 cm³/mol. The summed E-state index contributed by atoms with van der Waals surface area (Å²) in [6.45, 7) is 2.53. The van der Waals surface area contributed by atoms with E-state index in [9.17, 15) is 0 Å². The third-order valence-electron chi connectivity index (χ3n) is 2.16. The van der Waals surface area contributed by atoms with Gasteiger partial charge in [-0.05, 0) is 31.2 Å². The Morgan fingerprint density at radius 2 is 2.29 bits per heavy atom. The molecule has 0 radical (unpaired) electrons. The molecule has 3 nitrogen and oxygen atoms in total. The average Bonchev–Trinajstić information content (AvgIpc) is 2.72. The highest BCUT2D eigenvalue weighted by molar-refractivity contribution is 7.16. The van der Waals surface area contributed by atoms with Crippen LogP contribution in [0.1, 0.15) is 16.1 Å². The standard InChI is InChI=1S/C12H10ClN3S/c1-8-4-9(6-14)5-12(16-8)15-7-10-2-3-11(13)17-10/h2-5H,7H2,1H3,(H,15,16). The lowest BCUT2D eigenvalue weighted by Crippen LogP contribution is -2.01. The molecule has 2 rings (SSSR count). The first kappa shape index (κ1) is 11.9. The van der Waals surface area contributed by atoms with Crippen molar-refractivity contribution in [2.24, 2.45) is 0 Å². The number of nitrogens with one attached hydrogen (secondary N) is 1. The normalized spacial score (nSPS) is 9.94. The molecule has 86 valence electrons. The van der Waals surface area contributed by atoms with Gasteiger partial charge in [0.25, 0.3) is 0 Å². The van der Waals surface area contributed by atoms with Crippen LogP contribution in [0, 0.1) is 18.3 Å². The van der Waals surface area contributed by atoms with Gasteiger partial charge in [-0.1, -0.05) is 11.6 Å². The second kappa shape index (κ2) is 5.17. The molecule has 0 bridgehead atoms. The molecule has 0 atom stereocenters. The molecule has 0 fully saturated rings. The quantitative estimate of drug-likeness (QED) is 0.921. The summed E-state index contributed by atoms with van der Waals surface area (Å²) in [5.41, 5.74) is 1.44. The number of hydrogen-bond donors (Lipinski definition) is 1. The molecule has 2 aromatic heterocycles. The zero-order chi connectivity index (χ0) is 12.3. The highest BCUT2D eigenvalue weighted by Crippen LogP contribution is 2.22. The number of rotatable bonds is 3. The number of aryl methyl sites for hydroxylation is 1. The Hall–Kier alpha value is -1.57. The Labute approximate surface area is 109 Å². The van der Waals surface area contributed by atoms with Crippen molar-refractivity contribution in [1.29, 1.82) is 5.26 Å². The lowest BCUT2D eigenvalue weighted by molar-refractivity contribution is 1.11. The third kappa shape index (κ3) is 3.19. The molecular formula is C12H10ClN3S. The fourth-order valence-corrected chi connectivity index (χ4v) is 2.48. The van der Waals surface area contributed by atoms with E-state index in [1.165, 1.54) is 11.3 Å². The summed E-state index contributed by atoms with van der Waals surface area (Å²) >= 11 is 7.38. The van der Waals surface area contributed by atoms with Gasteiger partial charge in [-0.3, -0.25) is 0 Å². The molecule has 0 aliphatic heterocycles. The lowest BCUT2D eigenvalue weighted by atomic mass is 10.2. The first-order chi connectivity index (χ1) is 8.17. The fraction of sp³-hybridized carbons (Fsp3) is 0.167. The zero-order valence-electron chi connectivity index (χ0n) is 9.20. The fourth-order valence-electron chi connectivity index (χ4n) is 1.45. The van der Waals surface area contributed by atoms with Crippen molar-refractivity contribution in [3.63, 3.8) is 0 Å². The van der Waals surface area contributed by atoms with Crippen molar-refractivity contribution in [3.05, 3.63) is 44.7 Å². The minimum absolute atomic E-state index is 0.615. The molecule has 0 amide bonds. The van der Waals surface area contributed by atoms with Gasteiger partial charge in [0.05, 0.1) is 22.5 Å². The smallest absolute Gasteiger partial charge is 0.127 e. The van der Waals surface area contributed by atoms with Crippen LogP contribution in [-0.4, -0.2) is 4.98 Å². The van der Waals surface area contributed by atoms with E-state index in [1.807, 2.05) is 19.1 Å². The van der Waals surface area contributed by atoms with Crippen LogP contribution in [0.5, 0.6) is 0 Å². The van der Waals surface area contributed by atoms with E-state index in [0.717, 1.165) is 14.9 Å². The van der Waals surface area contributed by atoms with Crippen LogP contribution in [0.3, 0.4) is 0 Å². The van der Waals surface area contributed by atoms with Crippen LogP contribution in [0.15, 0.2) is 24.3 Å². The molecule has 0 saturated heterocycles. The van der Waals surface area contributed by atoms with Crippen molar-refractivity contribution in [3.8, 4) is 6.07 Å². The maximum Gasteiger partial charge on any atom is 0.127 e. The average molecular weight is 264 g/mol. The van der Waals surface area contributed by atoms with Gasteiger partial charge in [0.2, 0.25) is 0 Å².